The van der Waals surface area contributed by atoms with Crippen molar-refractivity contribution in [1.82, 2.24) is 30.0 Å². The van der Waals surface area contributed by atoms with Gasteiger partial charge in [-0.3, -0.25) is 10.2 Å². The number of urea groups is 1. The standard InChI is InChI=1S/C31H34FN7O2/c1-20-28(23-16-33-29(34-17-23)22-8-9-22)37-39(25-6-4-3-5-7-25)30(20)36-31(40)35-27-19-38(14-15-41-2)18-26(27)21-10-12-24(32)13-11-21/h3-7,10-13,16-17,22,26-27H,8-9,14-15,18-19H2,1-2H3,(H2,35,36,40)/t26-,27+/m0/s1. The predicted molar refractivity (Wildman–Crippen MR) is 155 cm³/mol. The van der Waals surface area contributed by atoms with E-state index in [0.29, 0.717) is 30.6 Å². The largest absolute Gasteiger partial charge is 0.383 e. The SMILES string of the molecule is COCCN1C[C@@H](NC(=O)Nc2c(C)c(-c3cnc(C4CC4)nc3)nn2-c2ccccc2)[C@H](c2ccc(F)cc2)C1. The molecule has 2 N–H and O–H groups in total. The van der Waals surface area contributed by atoms with E-state index in [0.717, 1.165) is 54.1 Å². The Bertz CT molecular complexity index is 1490. The topological polar surface area (TPSA) is 97.2 Å². The number of aromatic nitrogens is 4. The lowest BCUT2D eigenvalue weighted by Crippen LogP contribution is -2.42. The summed E-state index contributed by atoms with van der Waals surface area (Å²) in [4.78, 5) is 24.9. The number of carbonyl (C=O) groups excluding carboxylic acids is 1. The second kappa shape index (κ2) is 11.8. The third-order valence-corrected chi connectivity index (χ3v) is 7.86. The number of hydrogen-bond donors (Lipinski definition) is 2. The van der Waals surface area contributed by atoms with Crippen molar-refractivity contribution in [3.63, 3.8) is 0 Å². The van der Waals surface area contributed by atoms with E-state index in [-0.39, 0.29) is 23.8 Å². The van der Waals surface area contributed by atoms with Gasteiger partial charge in [0.05, 0.1) is 18.3 Å². The quantitative estimate of drug-likeness (QED) is 0.305. The molecule has 0 unspecified atom stereocenters. The molecule has 2 aromatic heterocycles. The first-order valence-electron chi connectivity index (χ1n) is 14.0. The summed E-state index contributed by atoms with van der Waals surface area (Å²) < 4.78 is 20.7. The van der Waals surface area contributed by atoms with Crippen molar-refractivity contribution < 1.29 is 13.9 Å². The lowest BCUT2D eigenvalue weighted by Gasteiger charge is -2.21. The molecule has 2 fully saturated rings. The fourth-order valence-electron chi connectivity index (χ4n) is 5.48. The Kier molecular flexibility index (Phi) is 7.76. The smallest absolute Gasteiger partial charge is 0.320 e. The third-order valence-electron chi connectivity index (χ3n) is 7.86. The Morgan fingerprint density at radius 3 is 2.46 bits per heavy atom. The van der Waals surface area contributed by atoms with E-state index in [1.807, 2.05) is 49.6 Å². The molecule has 2 atom stereocenters. The monoisotopic (exact) mass is 555 g/mol. The summed E-state index contributed by atoms with van der Waals surface area (Å²) in [5.74, 6) is 1.64. The number of nitrogens with one attached hydrogen (secondary N) is 2. The summed E-state index contributed by atoms with van der Waals surface area (Å²) in [6.45, 7) is 4.68. The molecule has 9 nitrogen and oxygen atoms in total. The molecule has 3 heterocycles. The molecule has 0 spiro atoms. The highest BCUT2D eigenvalue weighted by atomic mass is 19.1. The van der Waals surface area contributed by atoms with E-state index >= 15 is 0 Å². The number of nitrogens with zero attached hydrogens (tertiary/aromatic N) is 5. The zero-order valence-corrected chi connectivity index (χ0v) is 23.3. The summed E-state index contributed by atoms with van der Waals surface area (Å²) in [5.41, 5.74) is 4.13. The van der Waals surface area contributed by atoms with E-state index in [9.17, 15) is 9.18 Å². The summed E-state index contributed by atoms with van der Waals surface area (Å²) in [6.07, 6.45) is 5.90. The first kappa shape index (κ1) is 27.0. The van der Waals surface area contributed by atoms with Crippen LogP contribution in [0, 0.1) is 12.7 Å². The molecule has 1 saturated heterocycles. The van der Waals surface area contributed by atoms with Crippen LogP contribution in [0.15, 0.2) is 67.0 Å². The minimum Gasteiger partial charge on any atom is -0.383 e. The minimum absolute atomic E-state index is 0.0102. The van der Waals surface area contributed by atoms with Crippen molar-refractivity contribution in [2.24, 2.45) is 0 Å². The molecule has 1 aliphatic carbocycles. The molecule has 41 heavy (non-hydrogen) atoms. The summed E-state index contributed by atoms with van der Waals surface area (Å²) in [6, 6.07) is 15.7. The van der Waals surface area contributed by atoms with Crippen molar-refractivity contribution in [3.05, 3.63) is 89.8 Å². The molecule has 2 aliphatic rings. The van der Waals surface area contributed by atoms with Crippen LogP contribution in [0.5, 0.6) is 0 Å². The average molecular weight is 556 g/mol. The molecule has 1 aliphatic heterocycles. The molecule has 4 aromatic rings. The average Bonchev–Trinajstić information content (AvgIpc) is 3.70. The Balaban J connectivity index is 1.26. The number of likely N-dealkylation sites (tertiary alicyclic amines) is 1. The number of ether oxygens (including phenoxy) is 1. The first-order valence-corrected chi connectivity index (χ1v) is 14.0. The highest BCUT2D eigenvalue weighted by Gasteiger charge is 2.35. The number of hydrogen-bond acceptors (Lipinski definition) is 6. The van der Waals surface area contributed by atoms with Crippen LogP contribution in [0.2, 0.25) is 0 Å². The Morgan fingerprint density at radius 2 is 1.78 bits per heavy atom. The number of benzene rings is 2. The predicted octanol–water partition coefficient (Wildman–Crippen LogP) is 4.89. The van der Waals surface area contributed by atoms with Crippen molar-refractivity contribution in [2.75, 3.05) is 38.7 Å². The van der Waals surface area contributed by atoms with Gasteiger partial charge in [-0.25, -0.2) is 23.8 Å². The summed E-state index contributed by atoms with van der Waals surface area (Å²) in [5, 5.41) is 11.1. The molecule has 1 saturated carbocycles. The molecule has 0 radical (unpaired) electrons. The van der Waals surface area contributed by atoms with Crippen LogP contribution in [-0.4, -0.2) is 70.1 Å². The van der Waals surface area contributed by atoms with Gasteiger partial charge in [0.1, 0.15) is 23.2 Å². The van der Waals surface area contributed by atoms with Gasteiger partial charge in [0, 0.05) is 62.1 Å². The minimum atomic E-state index is -0.331. The van der Waals surface area contributed by atoms with Crippen LogP contribution >= 0.6 is 0 Å². The van der Waals surface area contributed by atoms with Crippen LogP contribution in [0.4, 0.5) is 15.0 Å². The highest BCUT2D eigenvalue weighted by molar-refractivity contribution is 5.91. The van der Waals surface area contributed by atoms with Crippen LogP contribution in [0.1, 0.15) is 41.6 Å². The number of para-hydroxylation sites is 1. The fourth-order valence-corrected chi connectivity index (χ4v) is 5.48. The molecule has 6 rings (SSSR count). The second-order valence-corrected chi connectivity index (χ2v) is 10.8. The van der Waals surface area contributed by atoms with Gasteiger partial charge in [-0.05, 0) is 49.6 Å². The lowest BCUT2D eigenvalue weighted by molar-refractivity contribution is 0.159. The number of methoxy groups -OCH3 is 1. The van der Waals surface area contributed by atoms with E-state index in [1.165, 1.54) is 12.1 Å². The second-order valence-electron chi connectivity index (χ2n) is 10.8. The fraction of sp³-hybridized carbons (Fsp3) is 0.355. The summed E-state index contributed by atoms with van der Waals surface area (Å²) >= 11 is 0. The Morgan fingerprint density at radius 1 is 1.05 bits per heavy atom. The zero-order chi connectivity index (χ0) is 28.3. The van der Waals surface area contributed by atoms with Gasteiger partial charge in [-0.15, -0.1) is 0 Å². The number of amides is 2. The maximum atomic E-state index is 13.6. The van der Waals surface area contributed by atoms with Gasteiger partial charge in [-0.1, -0.05) is 30.3 Å². The molecule has 212 valence electrons. The number of carbonyl (C=O) groups is 1. The Labute approximate surface area is 238 Å². The molecular weight excluding hydrogens is 521 g/mol. The maximum Gasteiger partial charge on any atom is 0.320 e. The third kappa shape index (κ3) is 5.98. The zero-order valence-electron chi connectivity index (χ0n) is 23.3. The molecular formula is C31H34FN7O2. The highest BCUT2D eigenvalue weighted by Crippen LogP contribution is 2.38. The lowest BCUT2D eigenvalue weighted by atomic mass is 9.94. The van der Waals surface area contributed by atoms with Gasteiger partial charge >= 0.3 is 6.03 Å². The van der Waals surface area contributed by atoms with Crippen molar-refractivity contribution in [3.8, 4) is 16.9 Å². The van der Waals surface area contributed by atoms with Crippen LogP contribution in [0.25, 0.3) is 16.9 Å². The molecule has 10 heteroatoms. The van der Waals surface area contributed by atoms with Crippen molar-refractivity contribution >= 4 is 11.8 Å². The van der Waals surface area contributed by atoms with E-state index in [1.54, 1.807) is 23.9 Å². The molecule has 2 amide bonds. The van der Waals surface area contributed by atoms with E-state index in [2.05, 4.69) is 25.5 Å². The van der Waals surface area contributed by atoms with Crippen LogP contribution in [0.3, 0.4) is 0 Å². The van der Waals surface area contributed by atoms with Gasteiger partial charge in [0.2, 0.25) is 0 Å². The van der Waals surface area contributed by atoms with Crippen LogP contribution in [-0.2, 0) is 4.74 Å². The van der Waals surface area contributed by atoms with Gasteiger partial charge in [-0.2, -0.15) is 5.10 Å². The molecule has 0 bridgehead atoms. The number of halogens is 1. The van der Waals surface area contributed by atoms with Crippen molar-refractivity contribution in [2.45, 2.75) is 37.6 Å². The van der Waals surface area contributed by atoms with Crippen molar-refractivity contribution in [1.29, 1.82) is 0 Å². The van der Waals surface area contributed by atoms with E-state index < -0.39 is 0 Å². The van der Waals surface area contributed by atoms with Gasteiger partial charge in [0.15, 0.2) is 0 Å². The van der Waals surface area contributed by atoms with Gasteiger partial charge in [0.25, 0.3) is 0 Å². The number of anilines is 1. The Hall–Kier alpha value is -4.15. The first-order chi connectivity index (χ1) is 20.0. The maximum absolute atomic E-state index is 13.6. The van der Waals surface area contributed by atoms with Crippen LogP contribution < -0.4 is 10.6 Å². The molecule has 2 aromatic carbocycles. The van der Waals surface area contributed by atoms with E-state index in [4.69, 9.17) is 9.84 Å². The number of rotatable bonds is 9. The van der Waals surface area contributed by atoms with Gasteiger partial charge < -0.3 is 10.1 Å². The normalized spacial score (nSPS) is 18.9. The summed E-state index contributed by atoms with van der Waals surface area (Å²) in [7, 11) is 1.68.